The van der Waals surface area contributed by atoms with Gasteiger partial charge in [0.05, 0.1) is 20.6 Å². The van der Waals surface area contributed by atoms with Crippen LogP contribution in [0.2, 0.25) is 10.0 Å². The van der Waals surface area contributed by atoms with Crippen molar-refractivity contribution in [2.75, 3.05) is 24.9 Å². The first-order chi connectivity index (χ1) is 16.0. The normalized spacial score (nSPS) is 18.1. The largest absolute Gasteiger partial charge is 0.487 e. The molecule has 3 rings (SSSR count). The first kappa shape index (κ1) is 26.8. The van der Waals surface area contributed by atoms with Crippen LogP contribution in [-0.2, 0) is 10.0 Å². The number of hydrogen-bond donors (Lipinski definition) is 1. The van der Waals surface area contributed by atoms with Gasteiger partial charge >= 0.3 is 0 Å². The first-order valence-electron chi connectivity index (χ1n) is 10.7. The van der Waals surface area contributed by atoms with E-state index in [0.29, 0.717) is 32.6 Å². The molecule has 1 fully saturated rings. The SMILES string of the molecule is CC/C(=C\C(=C(/C)Cl)c1ccc(F)c(Cl)c1)S(=O)(=O)Nc1ccc(Cl)c(O[C@@H]2CCN(C)C2)c1. The molecule has 0 aliphatic carbocycles. The Morgan fingerprint density at radius 2 is 1.97 bits per heavy atom. The molecule has 1 aliphatic rings. The lowest BCUT2D eigenvalue weighted by atomic mass is 10.0. The average molecular weight is 548 g/mol. The lowest BCUT2D eigenvalue weighted by Gasteiger charge is -2.17. The molecule has 1 atom stereocenters. The Kier molecular flexibility index (Phi) is 8.93. The Hall–Kier alpha value is -1.77. The van der Waals surface area contributed by atoms with Crippen LogP contribution < -0.4 is 9.46 Å². The molecule has 184 valence electrons. The third kappa shape index (κ3) is 6.67. The van der Waals surface area contributed by atoms with Crippen LogP contribution in [0, 0.1) is 5.82 Å². The quantitative estimate of drug-likeness (QED) is 0.364. The summed E-state index contributed by atoms with van der Waals surface area (Å²) >= 11 is 18.5. The van der Waals surface area contributed by atoms with Crippen molar-refractivity contribution in [2.45, 2.75) is 32.8 Å². The Labute approximate surface area is 215 Å². The smallest absolute Gasteiger partial charge is 0.258 e. The number of allylic oxidation sites excluding steroid dienone is 4. The van der Waals surface area contributed by atoms with Gasteiger partial charge in [-0.25, -0.2) is 12.8 Å². The van der Waals surface area contributed by atoms with Crippen molar-refractivity contribution in [1.29, 1.82) is 0 Å². The second-order valence-corrected chi connectivity index (χ2v) is 11.2. The maximum atomic E-state index is 13.6. The summed E-state index contributed by atoms with van der Waals surface area (Å²) in [6.07, 6.45) is 2.52. The van der Waals surface area contributed by atoms with Gasteiger partial charge in [-0.2, -0.15) is 0 Å². The van der Waals surface area contributed by atoms with Crippen molar-refractivity contribution in [2.24, 2.45) is 0 Å². The van der Waals surface area contributed by atoms with Crippen LogP contribution in [0.15, 0.2) is 52.4 Å². The maximum Gasteiger partial charge on any atom is 0.258 e. The van der Waals surface area contributed by atoms with Gasteiger partial charge in [0.25, 0.3) is 10.0 Å². The van der Waals surface area contributed by atoms with E-state index in [-0.39, 0.29) is 22.5 Å². The van der Waals surface area contributed by atoms with E-state index in [2.05, 4.69) is 9.62 Å². The summed E-state index contributed by atoms with van der Waals surface area (Å²) in [7, 11) is -1.93. The van der Waals surface area contributed by atoms with Crippen molar-refractivity contribution in [3.05, 3.63) is 73.8 Å². The molecule has 0 saturated carbocycles. The van der Waals surface area contributed by atoms with Crippen LogP contribution in [0.4, 0.5) is 10.1 Å². The van der Waals surface area contributed by atoms with Crippen LogP contribution in [0.25, 0.3) is 5.57 Å². The van der Waals surface area contributed by atoms with Crippen LogP contribution in [0.1, 0.15) is 32.3 Å². The molecule has 0 radical (unpaired) electrons. The van der Waals surface area contributed by atoms with Crippen LogP contribution in [-0.4, -0.2) is 39.6 Å². The third-order valence-corrected chi connectivity index (χ3v) is 7.83. The number of likely N-dealkylation sites (tertiary alicyclic amines) is 1. The zero-order valence-electron chi connectivity index (χ0n) is 19.0. The second kappa shape index (κ2) is 11.3. The summed E-state index contributed by atoms with van der Waals surface area (Å²) in [5.74, 6) is -0.154. The molecule has 34 heavy (non-hydrogen) atoms. The minimum absolute atomic E-state index is 0.0117. The molecule has 5 nitrogen and oxygen atoms in total. The molecular formula is C24H26Cl3FN2O3S. The first-order valence-corrected chi connectivity index (χ1v) is 13.3. The van der Waals surface area contributed by atoms with Crippen molar-refractivity contribution in [3.63, 3.8) is 0 Å². The molecule has 1 heterocycles. The Morgan fingerprint density at radius 3 is 2.56 bits per heavy atom. The van der Waals surface area contributed by atoms with Crippen molar-refractivity contribution in [3.8, 4) is 5.75 Å². The predicted octanol–water partition coefficient (Wildman–Crippen LogP) is 6.92. The van der Waals surface area contributed by atoms with E-state index in [1.165, 1.54) is 24.3 Å². The highest BCUT2D eigenvalue weighted by Crippen LogP contribution is 2.33. The fourth-order valence-electron chi connectivity index (χ4n) is 3.62. The van der Waals surface area contributed by atoms with Crippen LogP contribution in [0.3, 0.4) is 0 Å². The van der Waals surface area contributed by atoms with E-state index >= 15 is 0 Å². The Balaban J connectivity index is 1.88. The summed E-state index contributed by atoms with van der Waals surface area (Å²) < 4.78 is 48.6. The van der Waals surface area contributed by atoms with E-state index in [1.54, 1.807) is 32.0 Å². The number of rotatable bonds is 8. The topological polar surface area (TPSA) is 58.6 Å². The van der Waals surface area contributed by atoms with E-state index in [4.69, 9.17) is 39.5 Å². The Bertz CT molecular complexity index is 1230. The second-order valence-electron chi connectivity index (χ2n) is 8.08. The van der Waals surface area contributed by atoms with Gasteiger partial charge in [-0.15, -0.1) is 0 Å². The zero-order chi connectivity index (χ0) is 25.0. The molecule has 0 unspecified atom stereocenters. The van der Waals surface area contributed by atoms with Gasteiger partial charge in [0.15, 0.2) is 0 Å². The number of halogens is 4. The molecular weight excluding hydrogens is 522 g/mol. The number of benzene rings is 2. The van der Waals surface area contributed by atoms with Crippen molar-refractivity contribution in [1.82, 2.24) is 4.90 Å². The molecule has 10 heteroatoms. The number of sulfonamides is 1. The molecule has 1 aliphatic heterocycles. The minimum atomic E-state index is -3.94. The van der Waals surface area contributed by atoms with Crippen molar-refractivity contribution < 1.29 is 17.5 Å². The number of nitrogens with one attached hydrogen (secondary N) is 1. The van der Waals surface area contributed by atoms with Gasteiger partial charge in [-0.1, -0.05) is 47.8 Å². The molecule has 0 bridgehead atoms. The monoisotopic (exact) mass is 546 g/mol. The number of ether oxygens (including phenoxy) is 1. The molecule has 1 saturated heterocycles. The summed E-state index contributed by atoms with van der Waals surface area (Å²) in [5.41, 5.74) is 1.25. The predicted molar refractivity (Wildman–Crippen MR) is 139 cm³/mol. The van der Waals surface area contributed by atoms with Gasteiger partial charge < -0.3 is 9.64 Å². The Morgan fingerprint density at radius 1 is 1.24 bits per heavy atom. The fourth-order valence-corrected chi connectivity index (χ4v) is 5.35. The van der Waals surface area contributed by atoms with Crippen LogP contribution >= 0.6 is 34.8 Å². The highest BCUT2D eigenvalue weighted by Gasteiger charge is 2.23. The molecule has 0 amide bonds. The van der Waals surface area contributed by atoms with E-state index in [1.807, 2.05) is 7.05 Å². The number of anilines is 1. The minimum Gasteiger partial charge on any atom is -0.487 e. The lowest BCUT2D eigenvalue weighted by Crippen LogP contribution is -2.21. The zero-order valence-corrected chi connectivity index (χ0v) is 22.1. The summed E-state index contributed by atoms with van der Waals surface area (Å²) in [6, 6.07) is 8.86. The maximum absolute atomic E-state index is 13.6. The van der Waals surface area contributed by atoms with Gasteiger partial charge in [-0.05, 0) is 68.3 Å². The van der Waals surface area contributed by atoms with Gasteiger partial charge in [0, 0.05) is 24.2 Å². The highest BCUT2D eigenvalue weighted by atomic mass is 35.5. The van der Waals surface area contributed by atoms with Crippen LogP contribution in [0.5, 0.6) is 5.75 Å². The third-order valence-electron chi connectivity index (χ3n) is 5.43. The number of likely N-dealkylation sites (N-methyl/N-ethyl adjacent to an activating group) is 1. The lowest BCUT2D eigenvalue weighted by molar-refractivity contribution is 0.208. The highest BCUT2D eigenvalue weighted by molar-refractivity contribution is 7.96. The van der Waals surface area contributed by atoms with Gasteiger partial charge in [0.1, 0.15) is 17.7 Å². The molecule has 2 aromatic rings. The summed E-state index contributed by atoms with van der Waals surface area (Å²) in [6.45, 7) is 5.04. The van der Waals surface area contributed by atoms with Gasteiger partial charge in [0.2, 0.25) is 0 Å². The van der Waals surface area contributed by atoms with Crippen molar-refractivity contribution >= 4 is 56.1 Å². The molecule has 0 spiro atoms. The van der Waals surface area contributed by atoms with Gasteiger partial charge in [-0.3, -0.25) is 4.72 Å². The molecule has 1 N–H and O–H groups in total. The average Bonchev–Trinajstić information content (AvgIpc) is 3.17. The number of nitrogens with zero attached hydrogens (tertiary/aromatic N) is 1. The molecule has 2 aromatic carbocycles. The molecule has 0 aromatic heterocycles. The van der Waals surface area contributed by atoms with E-state index in [0.717, 1.165) is 19.5 Å². The fraction of sp³-hybridized carbons (Fsp3) is 0.333. The number of hydrogen-bond acceptors (Lipinski definition) is 4. The van der Waals surface area contributed by atoms with E-state index < -0.39 is 15.8 Å². The standard InChI is InChI=1S/C24H26Cl3FN2O3S/c1-4-19(13-20(15(2)25)16-5-8-23(28)22(27)11-16)34(31,32)29-17-6-7-21(26)24(12-17)33-18-9-10-30(3)14-18/h5-8,11-13,18,29H,4,9-10,14H2,1-3H3/b19-13+,20-15-/t18-/m1/s1. The summed E-state index contributed by atoms with van der Waals surface area (Å²) in [5, 5.41) is 0.662. The summed E-state index contributed by atoms with van der Waals surface area (Å²) in [4.78, 5) is 2.25. The van der Waals surface area contributed by atoms with E-state index in [9.17, 15) is 12.8 Å².